The molecule has 0 fully saturated rings. The van der Waals surface area contributed by atoms with Gasteiger partial charge in [-0.1, -0.05) is 57.2 Å². The van der Waals surface area contributed by atoms with Gasteiger partial charge in [-0.15, -0.1) is 0 Å². The van der Waals surface area contributed by atoms with Gasteiger partial charge in [0, 0.05) is 6.04 Å². The quantitative estimate of drug-likeness (QED) is 0.891. The molecule has 0 aliphatic rings. The molecule has 0 spiro atoms. The van der Waals surface area contributed by atoms with E-state index in [-0.39, 0.29) is 11.5 Å². The molecule has 2 heteroatoms. The minimum atomic E-state index is 0.0593. The Balaban J connectivity index is 1.96. The normalized spacial score (nSPS) is 13.0. The predicted octanol–water partition coefficient (Wildman–Crippen LogP) is 4.58. The first kappa shape index (κ1) is 15.6. The van der Waals surface area contributed by atoms with Crippen molar-refractivity contribution in [2.75, 3.05) is 0 Å². The van der Waals surface area contributed by atoms with Gasteiger partial charge in [-0.05, 0) is 41.2 Å². The van der Waals surface area contributed by atoms with Crippen LogP contribution in [0.25, 0.3) is 0 Å². The van der Waals surface area contributed by atoms with Gasteiger partial charge in [0.15, 0.2) is 0 Å². The molecule has 1 atom stereocenters. The molecule has 0 saturated carbocycles. The minimum absolute atomic E-state index is 0.0593. The van der Waals surface area contributed by atoms with Gasteiger partial charge in [0.1, 0.15) is 12.4 Å². The van der Waals surface area contributed by atoms with E-state index in [4.69, 9.17) is 10.5 Å². The van der Waals surface area contributed by atoms with E-state index in [2.05, 4.69) is 45.0 Å². The van der Waals surface area contributed by atoms with Crippen LogP contribution in [-0.2, 0) is 12.0 Å². The molecule has 2 N–H and O–H groups in total. The Hall–Kier alpha value is -1.80. The third-order valence-corrected chi connectivity index (χ3v) is 3.63. The van der Waals surface area contributed by atoms with Crippen molar-refractivity contribution in [3.8, 4) is 5.75 Å². The summed E-state index contributed by atoms with van der Waals surface area (Å²) in [7, 11) is 0. The molecule has 0 amide bonds. The van der Waals surface area contributed by atoms with Crippen LogP contribution >= 0.6 is 0 Å². The summed E-state index contributed by atoms with van der Waals surface area (Å²) in [5.41, 5.74) is 9.67. The summed E-state index contributed by atoms with van der Waals surface area (Å²) in [6.07, 6.45) is 0. The minimum Gasteiger partial charge on any atom is -0.489 e. The molecule has 2 aromatic carbocycles. The first-order chi connectivity index (χ1) is 9.86. The SMILES string of the molecule is C[C@@H](N)c1ccc(OCc2ccc(C(C)(C)C)cc2)cc1. The predicted molar refractivity (Wildman–Crippen MR) is 88.5 cm³/mol. The van der Waals surface area contributed by atoms with Gasteiger partial charge in [0.2, 0.25) is 0 Å². The number of hydrogen-bond donors (Lipinski definition) is 1. The molecule has 0 aromatic heterocycles. The standard InChI is InChI=1S/C19H25NO/c1-14(20)16-7-11-18(12-8-16)21-13-15-5-9-17(10-6-15)19(2,3)4/h5-12,14H,13,20H2,1-4H3/t14-/m1/s1. The van der Waals surface area contributed by atoms with Crippen molar-refractivity contribution >= 4 is 0 Å². The Labute approximate surface area is 127 Å². The highest BCUT2D eigenvalue weighted by Crippen LogP contribution is 2.23. The molecule has 2 rings (SSSR count). The van der Waals surface area contributed by atoms with Crippen LogP contribution in [0.15, 0.2) is 48.5 Å². The summed E-state index contributed by atoms with van der Waals surface area (Å²) in [6, 6.07) is 16.7. The van der Waals surface area contributed by atoms with Gasteiger partial charge in [-0.2, -0.15) is 0 Å². The first-order valence-corrected chi connectivity index (χ1v) is 7.44. The lowest BCUT2D eigenvalue weighted by Crippen LogP contribution is -2.10. The third kappa shape index (κ3) is 4.33. The summed E-state index contributed by atoms with van der Waals surface area (Å²) in [6.45, 7) is 9.23. The topological polar surface area (TPSA) is 35.2 Å². The molecule has 2 nitrogen and oxygen atoms in total. The molecule has 112 valence electrons. The summed E-state index contributed by atoms with van der Waals surface area (Å²) >= 11 is 0. The second-order valence-corrected chi connectivity index (χ2v) is 6.59. The van der Waals surface area contributed by atoms with Crippen LogP contribution in [0.5, 0.6) is 5.75 Å². The largest absolute Gasteiger partial charge is 0.489 e. The van der Waals surface area contributed by atoms with Gasteiger partial charge in [0.25, 0.3) is 0 Å². The van der Waals surface area contributed by atoms with Gasteiger partial charge in [-0.25, -0.2) is 0 Å². The molecular formula is C19H25NO. The van der Waals surface area contributed by atoms with Crippen LogP contribution in [0, 0.1) is 0 Å². The van der Waals surface area contributed by atoms with Crippen molar-refractivity contribution in [2.24, 2.45) is 5.73 Å². The molecule has 0 radical (unpaired) electrons. The lowest BCUT2D eigenvalue weighted by molar-refractivity contribution is 0.306. The lowest BCUT2D eigenvalue weighted by atomic mass is 9.87. The van der Waals surface area contributed by atoms with E-state index < -0.39 is 0 Å². The summed E-state index contributed by atoms with van der Waals surface area (Å²) < 4.78 is 5.81. The highest BCUT2D eigenvalue weighted by molar-refractivity contribution is 5.30. The fourth-order valence-corrected chi connectivity index (χ4v) is 2.14. The van der Waals surface area contributed by atoms with Crippen LogP contribution in [-0.4, -0.2) is 0 Å². The van der Waals surface area contributed by atoms with Gasteiger partial charge in [0.05, 0.1) is 0 Å². The van der Waals surface area contributed by atoms with Crippen LogP contribution in [0.3, 0.4) is 0 Å². The molecule has 0 saturated heterocycles. The number of nitrogens with two attached hydrogens (primary N) is 1. The van der Waals surface area contributed by atoms with Crippen molar-refractivity contribution in [2.45, 2.75) is 45.8 Å². The summed E-state index contributed by atoms with van der Waals surface area (Å²) in [5.74, 6) is 0.874. The van der Waals surface area contributed by atoms with Gasteiger partial charge in [-0.3, -0.25) is 0 Å². The number of hydrogen-bond acceptors (Lipinski definition) is 2. The maximum absolute atomic E-state index is 5.84. The molecule has 2 aromatic rings. The van der Waals surface area contributed by atoms with Gasteiger partial charge < -0.3 is 10.5 Å². The van der Waals surface area contributed by atoms with Crippen molar-refractivity contribution in [3.05, 3.63) is 65.2 Å². The molecule has 0 bridgehead atoms. The maximum Gasteiger partial charge on any atom is 0.119 e. The van der Waals surface area contributed by atoms with E-state index in [0.717, 1.165) is 11.3 Å². The van der Waals surface area contributed by atoms with Gasteiger partial charge >= 0.3 is 0 Å². The average molecular weight is 283 g/mol. The van der Waals surface area contributed by atoms with Crippen molar-refractivity contribution < 1.29 is 4.74 Å². The lowest BCUT2D eigenvalue weighted by Gasteiger charge is -2.19. The summed E-state index contributed by atoms with van der Waals surface area (Å²) in [5, 5.41) is 0. The number of benzene rings is 2. The average Bonchev–Trinajstić information content (AvgIpc) is 2.45. The van der Waals surface area contributed by atoms with E-state index in [1.165, 1.54) is 11.1 Å². The Bertz CT molecular complexity index is 562. The second-order valence-electron chi connectivity index (χ2n) is 6.59. The highest BCUT2D eigenvalue weighted by Gasteiger charge is 2.12. The summed E-state index contributed by atoms with van der Waals surface area (Å²) in [4.78, 5) is 0. The molecule has 0 aliphatic heterocycles. The fraction of sp³-hybridized carbons (Fsp3) is 0.368. The Kier molecular flexibility index (Phi) is 4.69. The zero-order valence-corrected chi connectivity index (χ0v) is 13.4. The molecular weight excluding hydrogens is 258 g/mol. The second kappa shape index (κ2) is 6.31. The van der Waals surface area contributed by atoms with Crippen LogP contribution in [0.1, 0.15) is 50.4 Å². The maximum atomic E-state index is 5.84. The van der Waals surface area contributed by atoms with E-state index in [9.17, 15) is 0 Å². The molecule has 0 unspecified atom stereocenters. The Morgan fingerprint density at radius 2 is 1.52 bits per heavy atom. The highest BCUT2D eigenvalue weighted by atomic mass is 16.5. The van der Waals surface area contributed by atoms with Crippen LogP contribution in [0.4, 0.5) is 0 Å². The van der Waals surface area contributed by atoms with E-state index in [1.54, 1.807) is 0 Å². The first-order valence-electron chi connectivity index (χ1n) is 7.44. The van der Waals surface area contributed by atoms with E-state index >= 15 is 0 Å². The smallest absolute Gasteiger partial charge is 0.119 e. The molecule has 0 aliphatic carbocycles. The molecule has 21 heavy (non-hydrogen) atoms. The van der Waals surface area contributed by atoms with Crippen molar-refractivity contribution in [3.63, 3.8) is 0 Å². The van der Waals surface area contributed by atoms with E-state index in [1.807, 2.05) is 31.2 Å². The fourth-order valence-electron chi connectivity index (χ4n) is 2.14. The third-order valence-electron chi connectivity index (χ3n) is 3.63. The number of ether oxygens (including phenoxy) is 1. The van der Waals surface area contributed by atoms with Crippen LogP contribution < -0.4 is 10.5 Å². The molecule has 0 heterocycles. The monoisotopic (exact) mass is 283 g/mol. The van der Waals surface area contributed by atoms with Crippen molar-refractivity contribution in [1.82, 2.24) is 0 Å². The Morgan fingerprint density at radius 1 is 0.952 bits per heavy atom. The zero-order valence-electron chi connectivity index (χ0n) is 13.4. The zero-order chi connectivity index (χ0) is 15.5. The van der Waals surface area contributed by atoms with Crippen molar-refractivity contribution in [1.29, 1.82) is 0 Å². The Morgan fingerprint density at radius 3 is 2.00 bits per heavy atom. The number of rotatable bonds is 4. The van der Waals surface area contributed by atoms with E-state index in [0.29, 0.717) is 6.61 Å². The van der Waals surface area contributed by atoms with Crippen LogP contribution in [0.2, 0.25) is 0 Å².